The fourth-order valence-electron chi connectivity index (χ4n) is 2.49. The molecule has 1 heterocycles. The molecule has 1 aromatic heterocycles. The van der Waals surface area contributed by atoms with E-state index in [1.807, 2.05) is 36.9 Å². The quantitative estimate of drug-likeness (QED) is 0.879. The number of aryl methyl sites for hydroxylation is 2. The second kappa shape index (κ2) is 6.57. The predicted molar refractivity (Wildman–Crippen MR) is 82.2 cm³/mol. The summed E-state index contributed by atoms with van der Waals surface area (Å²) in [5.74, 6) is 0.990. The third kappa shape index (κ3) is 2.85. The molecular weight excluding hydrogens is 250 g/mol. The van der Waals surface area contributed by atoms with Crippen LogP contribution in [0.4, 0.5) is 11.5 Å². The van der Waals surface area contributed by atoms with Gasteiger partial charge in [0.05, 0.1) is 12.3 Å². The highest BCUT2D eigenvalue weighted by molar-refractivity contribution is 5.64. The van der Waals surface area contributed by atoms with Gasteiger partial charge in [0.15, 0.2) is 0 Å². The molecule has 20 heavy (non-hydrogen) atoms. The van der Waals surface area contributed by atoms with Crippen LogP contribution < -0.4 is 4.90 Å². The van der Waals surface area contributed by atoms with Crippen molar-refractivity contribution in [3.05, 3.63) is 41.6 Å². The lowest BCUT2D eigenvalue weighted by Gasteiger charge is -2.26. The third-order valence-electron chi connectivity index (χ3n) is 3.53. The molecule has 1 aromatic carbocycles. The van der Waals surface area contributed by atoms with Crippen molar-refractivity contribution in [2.24, 2.45) is 7.05 Å². The van der Waals surface area contributed by atoms with E-state index in [0.717, 1.165) is 42.1 Å². The number of benzene rings is 1. The molecule has 1 N–H and O–H groups in total. The number of hydrogen-bond acceptors (Lipinski definition) is 3. The normalized spacial score (nSPS) is 10.8. The van der Waals surface area contributed by atoms with Crippen LogP contribution in [0.25, 0.3) is 0 Å². The minimum Gasteiger partial charge on any atom is -0.391 e. The van der Waals surface area contributed by atoms with Gasteiger partial charge in [0.1, 0.15) is 5.82 Å². The first kappa shape index (κ1) is 14.6. The number of hydrogen-bond donors (Lipinski definition) is 1. The molecule has 4 nitrogen and oxygen atoms in total. The van der Waals surface area contributed by atoms with Crippen molar-refractivity contribution in [1.29, 1.82) is 0 Å². The zero-order chi connectivity index (χ0) is 14.5. The van der Waals surface area contributed by atoms with Gasteiger partial charge in [-0.15, -0.1) is 0 Å². The zero-order valence-electron chi connectivity index (χ0n) is 12.5. The van der Waals surface area contributed by atoms with E-state index in [4.69, 9.17) is 0 Å². The van der Waals surface area contributed by atoms with E-state index in [9.17, 15) is 5.11 Å². The van der Waals surface area contributed by atoms with Crippen LogP contribution in [-0.4, -0.2) is 21.4 Å². The summed E-state index contributed by atoms with van der Waals surface area (Å²) in [7, 11) is 1.93. The molecule has 0 unspecified atom stereocenters. The minimum absolute atomic E-state index is 0.0183. The number of anilines is 2. The summed E-state index contributed by atoms with van der Waals surface area (Å²) in [5, 5.41) is 14.1. The molecule has 0 fully saturated rings. The average molecular weight is 273 g/mol. The smallest absolute Gasteiger partial charge is 0.136 e. The summed E-state index contributed by atoms with van der Waals surface area (Å²) in [6.07, 6.45) is 2.23. The molecule has 2 rings (SSSR count). The van der Waals surface area contributed by atoms with E-state index in [-0.39, 0.29) is 6.61 Å². The van der Waals surface area contributed by atoms with Crippen LogP contribution >= 0.6 is 0 Å². The van der Waals surface area contributed by atoms with E-state index in [1.165, 1.54) is 0 Å². The summed E-state index contributed by atoms with van der Waals surface area (Å²) < 4.78 is 1.86. The molecule has 0 aliphatic carbocycles. The third-order valence-corrected chi connectivity index (χ3v) is 3.53. The van der Waals surface area contributed by atoms with Gasteiger partial charge in [-0.3, -0.25) is 4.68 Å². The lowest BCUT2D eigenvalue weighted by molar-refractivity contribution is 0.281. The maximum absolute atomic E-state index is 9.65. The Kier molecular flexibility index (Phi) is 4.79. The number of aliphatic hydroxyl groups is 1. The lowest BCUT2D eigenvalue weighted by Crippen LogP contribution is -2.22. The van der Waals surface area contributed by atoms with E-state index < -0.39 is 0 Å². The van der Waals surface area contributed by atoms with Gasteiger partial charge in [-0.05, 0) is 25.5 Å². The van der Waals surface area contributed by atoms with Gasteiger partial charge in [-0.2, -0.15) is 5.10 Å². The van der Waals surface area contributed by atoms with Crippen LogP contribution in [0.5, 0.6) is 0 Å². The predicted octanol–water partition coefficient (Wildman–Crippen LogP) is 3.16. The first-order chi connectivity index (χ1) is 9.69. The fraction of sp³-hybridized carbons (Fsp3) is 0.438. The number of aromatic nitrogens is 2. The maximum Gasteiger partial charge on any atom is 0.136 e. The molecule has 4 heteroatoms. The van der Waals surface area contributed by atoms with Crippen LogP contribution in [0.15, 0.2) is 30.3 Å². The second-order valence-corrected chi connectivity index (χ2v) is 5.01. The van der Waals surface area contributed by atoms with Crippen LogP contribution in [-0.2, 0) is 13.7 Å². The van der Waals surface area contributed by atoms with Crippen molar-refractivity contribution < 1.29 is 5.11 Å². The average Bonchev–Trinajstić information content (AvgIpc) is 2.75. The van der Waals surface area contributed by atoms with E-state index in [2.05, 4.69) is 29.1 Å². The van der Waals surface area contributed by atoms with Gasteiger partial charge < -0.3 is 10.0 Å². The zero-order valence-corrected chi connectivity index (χ0v) is 12.5. The molecular formula is C16H23N3O. The number of rotatable bonds is 6. The van der Waals surface area contributed by atoms with Gasteiger partial charge >= 0.3 is 0 Å². The summed E-state index contributed by atoms with van der Waals surface area (Å²) in [6.45, 7) is 5.07. The first-order valence-electron chi connectivity index (χ1n) is 7.15. The summed E-state index contributed by atoms with van der Waals surface area (Å²) in [5.41, 5.74) is 2.94. The van der Waals surface area contributed by atoms with Crippen molar-refractivity contribution >= 4 is 11.5 Å². The molecule has 0 bridgehead atoms. The van der Waals surface area contributed by atoms with Gasteiger partial charge in [0.25, 0.3) is 0 Å². The molecule has 0 saturated heterocycles. The van der Waals surface area contributed by atoms with Crippen molar-refractivity contribution in [2.45, 2.75) is 33.3 Å². The van der Waals surface area contributed by atoms with E-state index in [1.54, 1.807) is 0 Å². The topological polar surface area (TPSA) is 41.3 Å². The molecule has 0 radical (unpaired) electrons. The van der Waals surface area contributed by atoms with Gasteiger partial charge in [0, 0.05) is 24.8 Å². The Hall–Kier alpha value is -1.81. The maximum atomic E-state index is 9.65. The molecule has 108 valence electrons. The summed E-state index contributed by atoms with van der Waals surface area (Å²) >= 11 is 0. The SMILES string of the molecule is CCCCN(c1ccccc1)c1c(CO)c(C)nn1C. The lowest BCUT2D eigenvalue weighted by atomic mass is 10.2. The molecule has 0 spiro atoms. The Morgan fingerprint density at radius 1 is 1.25 bits per heavy atom. The fourth-order valence-corrected chi connectivity index (χ4v) is 2.49. The standard InChI is InChI=1S/C16H23N3O/c1-4-5-11-19(14-9-7-6-8-10-14)16-15(12-20)13(2)17-18(16)3/h6-10,20H,4-5,11-12H2,1-3H3. The highest BCUT2D eigenvalue weighted by Crippen LogP contribution is 2.30. The van der Waals surface area contributed by atoms with Crippen LogP contribution in [0.1, 0.15) is 31.0 Å². The molecule has 0 amide bonds. The summed E-state index contributed by atoms with van der Waals surface area (Å²) in [6, 6.07) is 10.3. The Balaban J connectivity index is 2.46. The molecule has 0 atom stereocenters. The minimum atomic E-state index is 0.0183. The molecule has 0 aliphatic rings. The van der Waals surface area contributed by atoms with E-state index >= 15 is 0 Å². The van der Waals surface area contributed by atoms with Crippen molar-refractivity contribution in [2.75, 3.05) is 11.4 Å². The van der Waals surface area contributed by atoms with Gasteiger partial charge in [0.2, 0.25) is 0 Å². The first-order valence-corrected chi connectivity index (χ1v) is 7.15. The van der Waals surface area contributed by atoms with Crippen molar-refractivity contribution in [3.63, 3.8) is 0 Å². The Labute approximate surface area is 120 Å². The van der Waals surface area contributed by atoms with E-state index in [0.29, 0.717) is 0 Å². The van der Waals surface area contributed by atoms with Crippen LogP contribution in [0.2, 0.25) is 0 Å². The van der Waals surface area contributed by atoms with Crippen LogP contribution in [0, 0.1) is 6.92 Å². The highest BCUT2D eigenvalue weighted by atomic mass is 16.3. The monoisotopic (exact) mass is 273 g/mol. The van der Waals surface area contributed by atoms with Gasteiger partial charge in [-0.1, -0.05) is 31.5 Å². The Morgan fingerprint density at radius 2 is 1.95 bits per heavy atom. The molecule has 0 saturated carbocycles. The summed E-state index contributed by atoms with van der Waals surface area (Å²) in [4.78, 5) is 2.25. The molecule has 0 aliphatic heterocycles. The largest absolute Gasteiger partial charge is 0.391 e. The number of para-hydroxylation sites is 1. The van der Waals surface area contributed by atoms with Gasteiger partial charge in [-0.25, -0.2) is 0 Å². The molecule has 2 aromatic rings. The number of nitrogens with zero attached hydrogens (tertiary/aromatic N) is 3. The van der Waals surface area contributed by atoms with Crippen molar-refractivity contribution in [3.8, 4) is 0 Å². The van der Waals surface area contributed by atoms with Crippen LogP contribution in [0.3, 0.4) is 0 Å². The Morgan fingerprint density at radius 3 is 2.55 bits per heavy atom. The second-order valence-electron chi connectivity index (χ2n) is 5.01. The highest BCUT2D eigenvalue weighted by Gasteiger charge is 2.19. The Bertz CT molecular complexity index is 548. The number of aliphatic hydroxyl groups excluding tert-OH is 1. The number of unbranched alkanes of at least 4 members (excludes halogenated alkanes) is 1. The van der Waals surface area contributed by atoms with Crippen molar-refractivity contribution in [1.82, 2.24) is 9.78 Å².